The fraction of sp³-hybridized carbons (Fsp3) is 0.333. The second-order valence-corrected chi connectivity index (χ2v) is 6.28. The van der Waals surface area contributed by atoms with Gasteiger partial charge in [-0.25, -0.2) is 0 Å². The van der Waals surface area contributed by atoms with E-state index in [1.807, 2.05) is 5.32 Å². The van der Waals surface area contributed by atoms with Gasteiger partial charge in [0.1, 0.15) is 0 Å². The Kier molecular flexibility index (Phi) is 4.72. The molecule has 1 aliphatic carbocycles. The molecule has 1 amide bonds. The van der Waals surface area contributed by atoms with E-state index in [1.165, 1.54) is 24.4 Å². The Morgan fingerprint density at radius 3 is 2.42 bits per heavy atom. The third kappa shape index (κ3) is 3.42. The summed E-state index contributed by atoms with van der Waals surface area (Å²) >= 11 is 0. The molecule has 0 saturated heterocycles. The molecule has 1 aliphatic rings. The van der Waals surface area contributed by atoms with Crippen LogP contribution in [0.15, 0.2) is 48.8 Å². The van der Waals surface area contributed by atoms with Crippen LogP contribution in [0.3, 0.4) is 0 Å². The van der Waals surface area contributed by atoms with Crippen LogP contribution < -0.4 is 5.32 Å². The molecule has 0 aliphatic heterocycles. The van der Waals surface area contributed by atoms with Gasteiger partial charge in [-0.15, -0.1) is 0 Å². The number of alkyl halides is 3. The summed E-state index contributed by atoms with van der Waals surface area (Å²) in [5.41, 5.74) is -3.41. The van der Waals surface area contributed by atoms with Crippen molar-refractivity contribution in [1.82, 2.24) is 10.3 Å². The van der Waals surface area contributed by atoms with Crippen LogP contribution in [0.1, 0.15) is 41.7 Å². The highest BCUT2D eigenvalue weighted by Gasteiger charge is 2.61. The molecule has 5 nitrogen and oxygen atoms in total. The molecule has 1 aromatic carbocycles. The first kappa shape index (κ1) is 18.3. The lowest BCUT2D eigenvalue weighted by Gasteiger charge is -2.30. The number of benzene rings is 1. The van der Waals surface area contributed by atoms with Gasteiger partial charge in [-0.1, -0.05) is 30.3 Å². The third-order valence-electron chi connectivity index (χ3n) is 4.34. The Hall–Kier alpha value is -2.45. The molecule has 3 N–H and O–H groups in total. The van der Waals surface area contributed by atoms with Gasteiger partial charge in [-0.3, -0.25) is 9.78 Å². The van der Waals surface area contributed by atoms with Gasteiger partial charge in [0.2, 0.25) is 0 Å². The maximum atomic E-state index is 13.5. The topological polar surface area (TPSA) is 82.5 Å². The molecule has 1 fully saturated rings. The number of pyridine rings is 1. The van der Waals surface area contributed by atoms with Crippen molar-refractivity contribution in [3.63, 3.8) is 0 Å². The van der Waals surface area contributed by atoms with E-state index in [4.69, 9.17) is 0 Å². The van der Waals surface area contributed by atoms with Crippen LogP contribution in [0.4, 0.5) is 13.2 Å². The molecule has 26 heavy (non-hydrogen) atoms. The first-order valence-electron chi connectivity index (χ1n) is 8.02. The molecule has 2 aromatic rings. The van der Waals surface area contributed by atoms with E-state index < -0.39 is 29.5 Å². The van der Waals surface area contributed by atoms with Gasteiger partial charge in [0, 0.05) is 23.5 Å². The van der Waals surface area contributed by atoms with Crippen LogP contribution in [-0.2, 0) is 10.4 Å². The van der Waals surface area contributed by atoms with Crippen LogP contribution >= 0.6 is 0 Å². The fourth-order valence-corrected chi connectivity index (χ4v) is 2.68. The van der Waals surface area contributed by atoms with Gasteiger partial charge in [0.15, 0.2) is 6.23 Å². The molecule has 2 unspecified atom stereocenters. The summed E-state index contributed by atoms with van der Waals surface area (Å²) in [7, 11) is 0. The second kappa shape index (κ2) is 6.69. The Bertz CT molecular complexity index is 794. The highest BCUT2D eigenvalue weighted by Crippen LogP contribution is 2.41. The van der Waals surface area contributed by atoms with Gasteiger partial charge in [0.25, 0.3) is 11.5 Å². The van der Waals surface area contributed by atoms with Crippen LogP contribution in [0, 0.1) is 0 Å². The van der Waals surface area contributed by atoms with Crippen LogP contribution in [0.25, 0.3) is 0 Å². The highest BCUT2D eigenvalue weighted by atomic mass is 19.4. The Morgan fingerprint density at radius 2 is 1.85 bits per heavy atom. The van der Waals surface area contributed by atoms with E-state index in [0.29, 0.717) is 5.92 Å². The third-order valence-corrected chi connectivity index (χ3v) is 4.34. The zero-order valence-electron chi connectivity index (χ0n) is 13.6. The fourth-order valence-electron chi connectivity index (χ4n) is 2.68. The lowest BCUT2D eigenvalue weighted by molar-refractivity contribution is -0.258. The molecule has 138 valence electrons. The van der Waals surface area contributed by atoms with Crippen molar-refractivity contribution in [2.45, 2.75) is 36.8 Å². The number of carbonyl (C=O) groups excluding carboxylic acids is 1. The predicted molar refractivity (Wildman–Crippen MR) is 85.7 cm³/mol. The summed E-state index contributed by atoms with van der Waals surface area (Å²) in [6.07, 6.45) is -2.17. The number of aromatic nitrogens is 1. The maximum absolute atomic E-state index is 13.5. The number of aliphatic hydroxyl groups excluding tert-OH is 1. The second-order valence-electron chi connectivity index (χ2n) is 6.28. The van der Waals surface area contributed by atoms with Crippen LogP contribution in [-0.4, -0.2) is 27.3 Å². The largest absolute Gasteiger partial charge is 0.430 e. The zero-order chi connectivity index (χ0) is 18.9. The summed E-state index contributed by atoms with van der Waals surface area (Å²) in [4.78, 5) is 16.2. The number of hydrogen-bond acceptors (Lipinski definition) is 4. The molecule has 0 bridgehead atoms. The average molecular weight is 366 g/mol. The minimum atomic E-state index is -5.27. The molecule has 3 rings (SSSR count). The molecule has 2 atom stereocenters. The SMILES string of the molecule is O=C(NC(O)c1cncc(C2CC2)c1)C(O)(c1ccccc1)C(F)(F)F. The standard InChI is InChI=1S/C18H17F3N2O3/c19-18(20,21)17(26,14-4-2-1-3-5-14)16(25)23-15(24)13-8-12(9-22-10-13)11-6-7-11/h1-5,8-11,15,24,26H,6-7H2,(H,23,25). The molecule has 1 saturated carbocycles. The first-order valence-corrected chi connectivity index (χ1v) is 8.02. The van der Waals surface area contributed by atoms with E-state index in [2.05, 4.69) is 4.98 Å². The summed E-state index contributed by atoms with van der Waals surface area (Å²) in [6.45, 7) is 0. The number of nitrogens with one attached hydrogen (secondary N) is 1. The minimum Gasteiger partial charge on any atom is -0.369 e. The Labute approximate surface area is 147 Å². The summed E-state index contributed by atoms with van der Waals surface area (Å²) in [5.74, 6) is -1.44. The number of hydrogen-bond donors (Lipinski definition) is 3. The van der Waals surface area contributed by atoms with Gasteiger partial charge in [-0.2, -0.15) is 13.2 Å². The molecule has 1 aromatic heterocycles. The van der Waals surface area contributed by atoms with Crippen LogP contribution in [0.5, 0.6) is 0 Å². The quantitative estimate of drug-likeness (QED) is 0.710. The van der Waals surface area contributed by atoms with Crippen molar-refractivity contribution in [3.8, 4) is 0 Å². The zero-order valence-corrected chi connectivity index (χ0v) is 13.6. The lowest BCUT2D eigenvalue weighted by atomic mass is 9.92. The van der Waals surface area contributed by atoms with Crippen molar-refractivity contribution >= 4 is 5.91 Å². The Morgan fingerprint density at radius 1 is 1.19 bits per heavy atom. The molecular formula is C18H17F3N2O3. The van der Waals surface area contributed by atoms with Crippen molar-refractivity contribution in [3.05, 3.63) is 65.5 Å². The monoisotopic (exact) mass is 366 g/mol. The average Bonchev–Trinajstić information content (AvgIpc) is 3.46. The Balaban J connectivity index is 1.85. The number of aliphatic hydroxyl groups is 2. The first-order chi connectivity index (χ1) is 12.2. The molecule has 0 spiro atoms. The van der Waals surface area contributed by atoms with Gasteiger partial charge in [-0.05, 0) is 30.4 Å². The van der Waals surface area contributed by atoms with Crippen LogP contribution in [0.2, 0.25) is 0 Å². The number of nitrogens with zero attached hydrogens (tertiary/aromatic N) is 1. The smallest absolute Gasteiger partial charge is 0.369 e. The molecule has 0 radical (unpaired) electrons. The van der Waals surface area contributed by atoms with Crippen molar-refractivity contribution < 1.29 is 28.2 Å². The lowest BCUT2D eigenvalue weighted by Crippen LogP contribution is -2.55. The normalized spacial score (nSPS) is 18.0. The highest BCUT2D eigenvalue weighted by molar-refractivity contribution is 5.87. The van der Waals surface area contributed by atoms with Crippen molar-refractivity contribution in [1.29, 1.82) is 0 Å². The van der Waals surface area contributed by atoms with E-state index in [0.717, 1.165) is 30.5 Å². The minimum absolute atomic E-state index is 0.153. The van der Waals surface area contributed by atoms with Gasteiger partial charge >= 0.3 is 6.18 Å². The molecule has 8 heteroatoms. The van der Waals surface area contributed by atoms with E-state index >= 15 is 0 Å². The van der Waals surface area contributed by atoms with E-state index in [1.54, 1.807) is 12.3 Å². The van der Waals surface area contributed by atoms with E-state index in [-0.39, 0.29) is 5.56 Å². The maximum Gasteiger partial charge on any atom is 0.430 e. The molecular weight excluding hydrogens is 349 g/mol. The summed E-state index contributed by atoms with van der Waals surface area (Å²) in [6, 6.07) is 7.59. The number of carbonyl (C=O) groups is 1. The number of rotatable bonds is 5. The number of halogens is 3. The summed E-state index contributed by atoms with van der Waals surface area (Å²) in [5, 5.41) is 22.2. The van der Waals surface area contributed by atoms with Crippen molar-refractivity contribution in [2.75, 3.05) is 0 Å². The van der Waals surface area contributed by atoms with Gasteiger partial charge < -0.3 is 15.5 Å². The summed E-state index contributed by atoms with van der Waals surface area (Å²) < 4.78 is 40.4. The van der Waals surface area contributed by atoms with Crippen molar-refractivity contribution in [2.24, 2.45) is 0 Å². The molecule has 1 heterocycles. The van der Waals surface area contributed by atoms with E-state index in [9.17, 15) is 28.2 Å². The number of amides is 1. The predicted octanol–water partition coefficient (Wildman–Crippen LogP) is 2.52. The van der Waals surface area contributed by atoms with Gasteiger partial charge in [0.05, 0.1) is 0 Å².